The fourth-order valence-corrected chi connectivity index (χ4v) is 2.81. The van der Waals surface area contributed by atoms with Crippen LogP contribution in [0.1, 0.15) is 17.9 Å². The van der Waals surface area contributed by atoms with E-state index in [9.17, 15) is 4.79 Å². The molecule has 1 N–H and O–H groups in total. The summed E-state index contributed by atoms with van der Waals surface area (Å²) in [6.07, 6.45) is 0.995. The first-order chi connectivity index (χ1) is 9.29. The van der Waals surface area contributed by atoms with Gasteiger partial charge in [0.05, 0.1) is 7.11 Å². The lowest BCUT2D eigenvalue weighted by Gasteiger charge is -2.27. The van der Waals surface area contributed by atoms with Gasteiger partial charge in [-0.3, -0.25) is 4.79 Å². The number of carbonyl (C=O) groups excluding carboxylic acids is 1. The number of piperazine rings is 1. The molecular weight excluding hydrogens is 240 g/mol. The zero-order valence-electron chi connectivity index (χ0n) is 11.3. The van der Waals surface area contributed by atoms with Crippen LogP contribution in [0.2, 0.25) is 0 Å². The molecule has 1 aliphatic heterocycles. The molecular formula is C15H20N2O2. The minimum Gasteiger partial charge on any atom is -0.497 e. The summed E-state index contributed by atoms with van der Waals surface area (Å²) in [5.41, 5.74) is 1.26. The summed E-state index contributed by atoms with van der Waals surface area (Å²) in [6.45, 7) is 3.55. The van der Waals surface area contributed by atoms with Gasteiger partial charge in [0.2, 0.25) is 5.91 Å². The SMILES string of the molecule is COc1ccc([C@@H]2C[C@H]2C(=O)N2CCNCC2)cc1. The van der Waals surface area contributed by atoms with E-state index in [2.05, 4.69) is 17.4 Å². The monoisotopic (exact) mass is 260 g/mol. The van der Waals surface area contributed by atoms with Gasteiger partial charge >= 0.3 is 0 Å². The first kappa shape index (κ1) is 12.5. The number of nitrogens with one attached hydrogen (secondary N) is 1. The fourth-order valence-electron chi connectivity index (χ4n) is 2.81. The number of carbonyl (C=O) groups is 1. The van der Waals surface area contributed by atoms with Crippen LogP contribution in [0.25, 0.3) is 0 Å². The molecule has 19 heavy (non-hydrogen) atoms. The number of ether oxygens (including phenoxy) is 1. The topological polar surface area (TPSA) is 41.6 Å². The molecule has 1 saturated carbocycles. The largest absolute Gasteiger partial charge is 0.497 e. The summed E-state index contributed by atoms with van der Waals surface area (Å²) in [5.74, 6) is 1.82. The average molecular weight is 260 g/mol. The molecule has 0 unspecified atom stereocenters. The van der Waals surface area contributed by atoms with Crippen LogP contribution in [0, 0.1) is 5.92 Å². The zero-order chi connectivity index (χ0) is 13.2. The highest BCUT2D eigenvalue weighted by Crippen LogP contribution is 2.48. The molecule has 1 aromatic carbocycles. The number of methoxy groups -OCH3 is 1. The van der Waals surface area contributed by atoms with Crippen molar-refractivity contribution >= 4 is 5.91 Å². The maximum atomic E-state index is 12.3. The Morgan fingerprint density at radius 1 is 1.26 bits per heavy atom. The fraction of sp³-hybridized carbons (Fsp3) is 0.533. The Bertz CT molecular complexity index is 452. The third kappa shape index (κ3) is 2.59. The molecule has 1 aromatic rings. The van der Waals surface area contributed by atoms with Gasteiger partial charge in [-0.2, -0.15) is 0 Å². The number of rotatable bonds is 3. The lowest BCUT2D eigenvalue weighted by atomic mass is 10.1. The van der Waals surface area contributed by atoms with Crippen LogP contribution in [0.3, 0.4) is 0 Å². The van der Waals surface area contributed by atoms with Gasteiger partial charge in [-0.15, -0.1) is 0 Å². The Balaban J connectivity index is 1.61. The van der Waals surface area contributed by atoms with Gasteiger partial charge in [0, 0.05) is 32.1 Å². The summed E-state index contributed by atoms with van der Waals surface area (Å²) in [5, 5.41) is 3.28. The normalized spacial score (nSPS) is 26.1. The number of nitrogens with zero attached hydrogens (tertiary/aromatic N) is 1. The van der Waals surface area contributed by atoms with E-state index in [0.29, 0.717) is 11.8 Å². The van der Waals surface area contributed by atoms with Crippen molar-refractivity contribution in [3.05, 3.63) is 29.8 Å². The third-order valence-corrected chi connectivity index (χ3v) is 4.08. The van der Waals surface area contributed by atoms with Gasteiger partial charge in [0.1, 0.15) is 5.75 Å². The first-order valence-electron chi connectivity index (χ1n) is 6.93. The summed E-state index contributed by atoms with van der Waals surface area (Å²) in [4.78, 5) is 14.3. The van der Waals surface area contributed by atoms with Gasteiger partial charge in [-0.25, -0.2) is 0 Å². The van der Waals surface area contributed by atoms with E-state index in [1.165, 1.54) is 5.56 Å². The van der Waals surface area contributed by atoms with Gasteiger partial charge in [-0.1, -0.05) is 12.1 Å². The minimum absolute atomic E-state index is 0.200. The first-order valence-corrected chi connectivity index (χ1v) is 6.93. The van der Waals surface area contributed by atoms with Gasteiger partial charge in [0.25, 0.3) is 0 Å². The Hall–Kier alpha value is -1.55. The van der Waals surface area contributed by atoms with Crippen LogP contribution in [-0.2, 0) is 4.79 Å². The highest BCUT2D eigenvalue weighted by atomic mass is 16.5. The second kappa shape index (κ2) is 5.21. The quantitative estimate of drug-likeness (QED) is 0.889. The molecule has 0 aromatic heterocycles. The summed E-state index contributed by atoms with van der Waals surface area (Å²) < 4.78 is 5.16. The van der Waals surface area contributed by atoms with Gasteiger partial charge in [0.15, 0.2) is 0 Å². The van der Waals surface area contributed by atoms with E-state index in [0.717, 1.165) is 38.3 Å². The Morgan fingerprint density at radius 3 is 2.58 bits per heavy atom. The molecule has 102 valence electrons. The van der Waals surface area contributed by atoms with Crippen molar-refractivity contribution in [2.24, 2.45) is 5.92 Å². The molecule has 1 saturated heterocycles. The molecule has 3 rings (SSSR count). The van der Waals surface area contributed by atoms with Crippen LogP contribution in [0.15, 0.2) is 24.3 Å². The zero-order valence-corrected chi connectivity index (χ0v) is 11.3. The molecule has 1 aliphatic carbocycles. The van der Waals surface area contributed by atoms with Crippen LogP contribution in [0.4, 0.5) is 0 Å². The summed E-state index contributed by atoms with van der Waals surface area (Å²) in [6, 6.07) is 8.10. The number of hydrogen-bond acceptors (Lipinski definition) is 3. The maximum absolute atomic E-state index is 12.3. The van der Waals surface area contributed by atoms with E-state index in [-0.39, 0.29) is 5.92 Å². The van der Waals surface area contributed by atoms with Crippen molar-refractivity contribution in [1.29, 1.82) is 0 Å². The van der Waals surface area contributed by atoms with Crippen LogP contribution >= 0.6 is 0 Å². The standard InChI is InChI=1S/C15H20N2O2/c1-19-12-4-2-11(3-5-12)13-10-14(13)15(18)17-8-6-16-7-9-17/h2-5,13-14,16H,6-10H2,1H3/t13-,14+/m0/s1. The van der Waals surface area contributed by atoms with Gasteiger partial charge in [-0.05, 0) is 30.0 Å². The molecule has 1 amide bonds. The Kier molecular flexibility index (Phi) is 3.42. The minimum atomic E-state index is 0.200. The molecule has 2 fully saturated rings. The second-order valence-electron chi connectivity index (χ2n) is 5.30. The van der Waals surface area contributed by atoms with Crippen LogP contribution in [-0.4, -0.2) is 44.1 Å². The molecule has 2 aliphatic rings. The van der Waals surface area contributed by atoms with E-state index in [1.54, 1.807) is 7.11 Å². The van der Waals surface area contributed by atoms with Crippen molar-refractivity contribution in [2.75, 3.05) is 33.3 Å². The van der Waals surface area contributed by atoms with Crippen molar-refractivity contribution in [2.45, 2.75) is 12.3 Å². The van der Waals surface area contributed by atoms with E-state index in [4.69, 9.17) is 4.74 Å². The number of hydrogen-bond donors (Lipinski definition) is 1. The Labute approximate surface area is 113 Å². The summed E-state index contributed by atoms with van der Waals surface area (Å²) >= 11 is 0. The predicted molar refractivity (Wildman–Crippen MR) is 73.3 cm³/mol. The molecule has 0 radical (unpaired) electrons. The lowest BCUT2D eigenvalue weighted by molar-refractivity contribution is -0.133. The van der Waals surface area contributed by atoms with Crippen LogP contribution < -0.4 is 10.1 Å². The van der Waals surface area contributed by atoms with E-state index >= 15 is 0 Å². The lowest BCUT2D eigenvalue weighted by Crippen LogP contribution is -2.47. The highest BCUT2D eigenvalue weighted by molar-refractivity contribution is 5.83. The van der Waals surface area contributed by atoms with Crippen molar-refractivity contribution in [3.8, 4) is 5.75 Å². The van der Waals surface area contributed by atoms with Crippen molar-refractivity contribution in [3.63, 3.8) is 0 Å². The molecule has 1 heterocycles. The maximum Gasteiger partial charge on any atom is 0.226 e. The third-order valence-electron chi connectivity index (χ3n) is 4.08. The Morgan fingerprint density at radius 2 is 1.95 bits per heavy atom. The van der Waals surface area contributed by atoms with Crippen LogP contribution in [0.5, 0.6) is 5.75 Å². The molecule has 2 atom stereocenters. The average Bonchev–Trinajstić information content (AvgIpc) is 3.28. The number of benzene rings is 1. The smallest absolute Gasteiger partial charge is 0.226 e. The molecule has 4 heteroatoms. The van der Waals surface area contributed by atoms with Crippen molar-refractivity contribution in [1.82, 2.24) is 10.2 Å². The highest BCUT2D eigenvalue weighted by Gasteiger charge is 2.45. The summed E-state index contributed by atoms with van der Waals surface area (Å²) in [7, 11) is 1.67. The molecule has 4 nitrogen and oxygen atoms in total. The second-order valence-corrected chi connectivity index (χ2v) is 5.30. The molecule has 0 spiro atoms. The molecule has 0 bridgehead atoms. The van der Waals surface area contributed by atoms with Gasteiger partial charge < -0.3 is 15.0 Å². The van der Waals surface area contributed by atoms with Crippen molar-refractivity contribution < 1.29 is 9.53 Å². The van der Waals surface area contributed by atoms with E-state index < -0.39 is 0 Å². The predicted octanol–water partition coefficient (Wildman–Crippen LogP) is 1.23. The number of amides is 1. The van der Waals surface area contributed by atoms with E-state index in [1.807, 2.05) is 17.0 Å².